The van der Waals surface area contributed by atoms with E-state index in [0.717, 1.165) is 32.5 Å². The van der Waals surface area contributed by atoms with Gasteiger partial charge in [0, 0.05) is 19.6 Å². The molecule has 108 valence electrons. The summed E-state index contributed by atoms with van der Waals surface area (Å²) in [7, 11) is 2.14. The molecule has 2 fully saturated rings. The van der Waals surface area contributed by atoms with Gasteiger partial charge in [0.2, 0.25) is 5.91 Å². The molecule has 2 saturated heterocycles. The lowest BCUT2D eigenvalue weighted by molar-refractivity contribution is -0.172. The van der Waals surface area contributed by atoms with Crippen LogP contribution >= 0.6 is 0 Å². The predicted molar refractivity (Wildman–Crippen MR) is 77.3 cm³/mol. The van der Waals surface area contributed by atoms with Gasteiger partial charge in [-0.25, -0.2) is 0 Å². The molecule has 1 aromatic carbocycles. The third-order valence-electron chi connectivity index (χ3n) is 4.45. The van der Waals surface area contributed by atoms with Crippen molar-refractivity contribution in [2.45, 2.75) is 25.0 Å². The molecule has 0 radical (unpaired) electrons. The summed E-state index contributed by atoms with van der Waals surface area (Å²) in [6.07, 6.45) is 2.03. The first-order valence-corrected chi connectivity index (χ1v) is 7.31. The van der Waals surface area contributed by atoms with Crippen molar-refractivity contribution in [3.05, 3.63) is 35.9 Å². The maximum Gasteiger partial charge on any atom is 0.248 e. The van der Waals surface area contributed by atoms with E-state index in [0.29, 0.717) is 6.54 Å². The van der Waals surface area contributed by atoms with Crippen molar-refractivity contribution in [3.8, 4) is 0 Å². The summed E-state index contributed by atoms with van der Waals surface area (Å²) >= 11 is 0. The van der Waals surface area contributed by atoms with Crippen LogP contribution in [0.1, 0.15) is 18.4 Å². The highest BCUT2D eigenvalue weighted by Gasteiger charge is 2.41. The van der Waals surface area contributed by atoms with E-state index < -0.39 is 0 Å². The van der Waals surface area contributed by atoms with E-state index in [9.17, 15) is 4.79 Å². The van der Waals surface area contributed by atoms with Crippen molar-refractivity contribution in [1.29, 1.82) is 0 Å². The monoisotopic (exact) mass is 274 g/mol. The van der Waals surface area contributed by atoms with Gasteiger partial charge < -0.3 is 14.5 Å². The summed E-state index contributed by atoms with van der Waals surface area (Å²) in [4.78, 5) is 16.4. The predicted octanol–water partition coefficient (Wildman–Crippen LogP) is 1.51. The Bertz CT molecular complexity index is 467. The number of rotatable bonds is 2. The minimum atomic E-state index is -0.116. The first kappa shape index (κ1) is 13.6. The van der Waals surface area contributed by atoms with Crippen LogP contribution in [0.25, 0.3) is 0 Å². The van der Waals surface area contributed by atoms with Crippen LogP contribution in [0.3, 0.4) is 0 Å². The number of hydrogen-bond acceptors (Lipinski definition) is 3. The Morgan fingerprint density at radius 3 is 2.60 bits per heavy atom. The molecule has 2 aliphatic heterocycles. The molecule has 3 rings (SSSR count). The number of carbonyl (C=O) groups is 1. The van der Waals surface area contributed by atoms with Gasteiger partial charge in [0.15, 0.2) is 0 Å². The summed E-state index contributed by atoms with van der Waals surface area (Å²) < 4.78 is 5.92. The van der Waals surface area contributed by atoms with Crippen LogP contribution in [0.4, 0.5) is 0 Å². The first-order valence-electron chi connectivity index (χ1n) is 7.31. The molecule has 1 spiro atoms. The first-order chi connectivity index (χ1) is 9.67. The maximum atomic E-state index is 12.1. The Morgan fingerprint density at radius 2 is 1.90 bits per heavy atom. The molecular weight excluding hydrogens is 252 g/mol. The van der Waals surface area contributed by atoms with Gasteiger partial charge in [-0.15, -0.1) is 0 Å². The highest BCUT2D eigenvalue weighted by molar-refractivity contribution is 5.78. The molecule has 0 atom stereocenters. The molecule has 0 saturated carbocycles. The van der Waals surface area contributed by atoms with Crippen molar-refractivity contribution in [2.75, 3.05) is 33.3 Å². The molecule has 1 amide bonds. The molecule has 20 heavy (non-hydrogen) atoms. The summed E-state index contributed by atoms with van der Waals surface area (Å²) in [5, 5.41) is 0. The number of benzene rings is 1. The van der Waals surface area contributed by atoms with Gasteiger partial charge in [-0.1, -0.05) is 30.3 Å². The number of amides is 1. The van der Waals surface area contributed by atoms with Gasteiger partial charge in [-0.05, 0) is 25.5 Å². The van der Waals surface area contributed by atoms with E-state index in [4.69, 9.17) is 4.74 Å². The van der Waals surface area contributed by atoms with Crippen LogP contribution in [-0.4, -0.2) is 54.6 Å². The molecular formula is C16H22N2O2. The number of nitrogens with zero attached hydrogens (tertiary/aromatic N) is 2. The normalized spacial score (nSPS) is 23.2. The van der Waals surface area contributed by atoms with Crippen molar-refractivity contribution in [3.63, 3.8) is 0 Å². The van der Waals surface area contributed by atoms with Gasteiger partial charge >= 0.3 is 0 Å². The molecule has 2 heterocycles. The summed E-state index contributed by atoms with van der Waals surface area (Å²) in [5.74, 6) is 0.110. The third-order valence-corrected chi connectivity index (χ3v) is 4.45. The van der Waals surface area contributed by atoms with Crippen molar-refractivity contribution in [2.24, 2.45) is 0 Å². The molecule has 0 N–H and O–H groups in total. The second-order valence-electron chi connectivity index (χ2n) is 6.01. The second-order valence-corrected chi connectivity index (χ2v) is 6.01. The molecule has 1 aromatic rings. The fraction of sp³-hybridized carbons (Fsp3) is 0.562. The highest BCUT2D eigenvalue weighted by Crippen LogP contribution is 2.30. The van der Waals surface area contributed by atoms with Gasteiger partial charge in [-0.2, -0.15) is 0 Å². The lowest BCUT2D eigenvalue weighted by Gasteiger charge is -2.46. The quantitative estimate of drug-likeness (QED) is 0.819. The number of hydrogen-bond donors (Lipinski definition) is 0. The highest BCUT2D eigenvalue weighted by atomic mass is 16.5. The molecule has 4 heteroatoms. The number of likely N-dealkylation sites (tertiary alicyclic amines) is 1. The Balaban J connectivity index is 1.69. The largest absolute Gasteiger partial charge is 0.363 e. The molecule has 0 aromatic heterocycles. The number of morpholine rings is 1. The summed E-state index contributed by atoms with van der Waals surface area (Å²) in [6.45, 7) is 3.76. The minimum Gasteiger partial charge on any atom is -0.363 e. The van der Waals surface area contributed by atoms with E-state index >= 15 is 0 Å². The number of piperidine rings is 1. The molecule has 0 unspecified atom stereocenters. The molecule has 0 aliphatic carbocycles. The van der Waals surface area contributed by atoms with E-state index in [1.807, 2.05) is 23.1 Å². The molecule has 4 nitrogen and oxygen atoms in total. The Hall–Kier alpha value is -1.39. The summed E-state index contributed by atoms with van der Waals surface area (Å²) in [5.41, 5.74) is 1.07. The fourth-order valence-electron chi connectivity index (χ4n) is 3.06. The second kappa shape index (κ2) is 5.54. The Morgan fingerprint density at radius 1 is 1.20 bits per heavy atom. The van der Waals surface area contributed by atoms with Crippen molar-refractivity contribution >= 4 is 5.91 Å². The van der Waals surface area contributed by atoms with E-state index in [-0.39, 0.29) is 18.1 Å². The zero-order valence-corrected chi connectivity index (χ0v) is 12.0. The lowest BCUT2D eigenvalue weighted by Crippen LogP contribution is -2.58. The standard InChI is InChI=1S/C16H22N2O2/c1-17-9-7-16(8-10-17)13-18(15(19)12-20-16)11-14-5-3-2-4-6-14/h2-6H,7-13H2,1H3. The average Bonchev–Trinajstić information content (AvgIpc) is 2.48. The Kier molecular flexibility index (Phi) is 3.76. The Labute approximate surface area is 120 Å². The van der Waals surface area contributed by atoms with E-state index in [1.165, 1.54) is 5.56 Å². The van der Waals surface area contributed by atoms with Crippen LogP contribution in [0.15, 0.2) is 30.3 Å². The average molecular weight is 274 g/mol. The number of carbonyl (C=O) groups excluding carboxylic acids is 1. The van der Waals surface area contributed by atoms with Gasteiger partial charge in [0.25, 0.3) is 0 Å². The van der Waals surface area contributed by atoms with E-state index in [2.05, 4.69) is 24.1 Å². The maximum absolute atomic E-state index is 12.1. The third kappa shape index (κ3) is 2.86. The van der Waals surface area contributed by atoms with E-state index in [1.54, 1.807) is 0 Å². The van der Waals surface area contributed by atoms with Crippen LogP contribution in [0.2, 0.25) is 0 Å². The number of ether oxygens (including phenoxy) is 1. The van der Waals surface area contributed by atoms with Crippen LogP contribution in [0.5, 0.6) is 0 Å². The zero-order chi connectivity index (χ0) is 14.0. The topological polar surface area (TPSA) is 32.8 Å². The summed E-state index contributed by atoms with van der Waals surface area (Å²) in [6, 6.07) is 10.2. The van der Waals surface area contributed by atoms with Crippen LogP contribution in [0, 0.1) is 0 Å². The van der Waals surface area contributed by atoms with Gasteiger partial charge in [0.1, 0.15) is 6.61 Å². The minimum absolute atomic E-state index is 0.110. The van der Waals surface area contributed by atoms with Crippen LogP contribution in [-0.2, 0) is 16.1 Å². The van der Waals surface area contributed by atoms with Crippen molar-refractivity contribution in [1.82, 2.24) is 9.80 Å². The van der Waals surface area contributed by atoms with Crippen LogP contribution < -0.4 is 0 Å². The lowest BCUT2D eigenvalue weighted by atomic mass is 9.89. The van der Waals surface area contributed by atoms with Gasteiger partial charge in [-0.3, -0.25) is 4.79 Å². The zero-order valence-electron chi connectivity index (χ0n) is 12.0. The fourth-order valence-corrected chi connectivity index (χ4v) is 3.06. The van der Waals surface area contributed by atoms with Gasteiger partial charge in [0.05, 0.1) is 12.1 Å². The smallest absolute Gasteiger partial charge is 0.248 e. The molecule has 0 bridgehead atoms. The SMILES string of the molecule is CN1CCC2(CC1)CN(Cc1ccccc1)C(=O)CO2. The molecule has 2 aliphatic rings. The van der Waals surface area contributed by atoms with Crippen molar-refractivity contribution < 1.29 is 9.53 Å².